The average molecular weight is 364 g/mol. The minimum atomic E-state index is -3.65. The van der Waals surface area contributed by atoms with Crippen LogP contribution < -0.4 is 5.32 Å². The van der Waals surface area contributed by atoms with Crippen LogP contribution in [-0.2, 0) is 20.0 Å². The zero-order chi connectivity index (χ0) is 18.4. The highest BCUT2D eigenvalue weighted by atomic mass is 32.2. The summed E-state index contributed by atoms with van der Waals surface area (Å²) in [5.41, 5.74) is 1.05. The molecule has 0 bridgehead atoms. The Morgan fingerprint density at radius 2 is 1.72 bits per heavy atom. The van der Waals surface area contributed by atoms with Gasteiger partial charge in [0.2, 0.25) is 0 Å². The van der Waals surface area contributed by atoms with Gasteiger partial charge in [-0.3, -0.25) is 4.79 Å². The van der Waals surface area contributed by atoms with Crippen LogP contribution in [0.3, 0.4) is 0 Å². The second-order valence-electron chi connectivity index (χ2n) is 8.75. The minimum absolute atomic E-state index is 0.0318. The lowest BCUT2D eigenvalue weighted by Gasteiger charge is -2.40. The Morgan fingerprint density at radius 1 is 1.08 bits per heavy atom. The Balaban J connectivity index is 1.86. The number of hydrogen-bond acceptors (Lipinski definition) is 4. The quantitative estimate of drug-likeness (QED) is 0.877. The highest BCUT2D eigenvalue weighted by Gasteiger charge is 2.46. The molecule has 138 valence electrons. The molecule has 3 rings (SSSR count). The van der Waals surface area contributed by atoms with Gasteiger partial charge >= 0.3 is 0 Å². The van der Waals surface area contributed by atoms with Crippen molar-refractivity contribution in [3.8, 4) is 0 Å². The monoisotopic (exact) mass is 363 g/mol. The lowest BCUT2D eigenvalue weighted by Crippen LogP contribution is -2.58. The van der Waals surface area contributed by atoms with Crippen molar-refractivity contribution in [2.75, 3.05) is 6.54 Å². The molecule has 1 heterocycles. The first-order chi connectivity index (χ1) is 11.6. The molecule has 5 heteroatoms. The number of Topliss-reactive ketones (excluding diaryl/α,β-unsaturated/α-hetero) is 1. The molecule has 4 unspecified atom stereocenters. The number of fused-ring (bicyclic) bond motifs is 1. The van der Waals surface area contributed by atoms with Crippen LogP contribution in [0.1, 0.15) is 52.5 Å². The summed E-state index contributed by atoms with van der Waals surface area (Å²) in [5.74, 6) is 0.237. The summed E-state index contributed by atoms with van der Waals surface area (Å²) in [6.45, 7) is 8.66. The first-order valence-electron chi connectivity index (χ1n) is 9.22. The Bertz CT molecular complexity index is 746. The zero-order valence-electron chi connectivity index (χ0n) is 15.6. The van der Waals surface area contributed by atoms with E-state index in [0.717, 1.165) is 24.8 Å². The number of hydrogen-bond donors (Lipinski definition) is 1. The molecule has 1 aromatic rings. The van der Waals surface area contributed by atoms with Crippen LogP contribution in [0.25, 0.3) is 0 Å². The topological polar surface area (TPSA) is 63.2 Å². The van der Waals surface area contributed by atoms with Gasteiger partial charge in [0.25, 0.3) is 0 Å². The van der Waals surface area contributed by atoms with Crippen LogP contribution in [0.2, 0.25) is 0 Å². The van der Waals surface area contributed by atoms with Crippen molar-refractivity contribution in [3.05, 3.63) is 29.8 Å². The average Bonchev–Trinajstić information content (AvgIpc) is 2.55. The Morgan fingerprint density at radius 3 is 2.32 bits per heavy atom. The van der Waals surface area contributed by atoms with E-state index in [9.17, 15) is 13.2 Å². The molecule has 1 saturated carbocycles. The van der Waals surface area contributed by atoms with E-state index in [2.05, 4.69) is 33.0 Å². The van der Waals surface area contributed by atoms with Crippen molar-refractivity contribution in [2.24, 2.45) is 11.8 Å². The van der Waals surface area contributed by atoms with E-state index in [1.165, 1.54) is 0 Å². The van der Waals surface area contributed by atoms with Crippen molar-refractivity contribution in [2.45, 2.75) is 68.6 Å². The van der Waals surface area contributed by atoms with Gasteiger partial charge in [-0.05, 0) is 48.3 Å². The second kappa shape index (κ2) is 6.51. The van der Waals surface area contributed by atoms with Crippen molar-refractivity contribution in [1.29, 1.82) is 0 Å². The van der Waals surface area contributed by atoms with Crippen LogP contribution in [-0.4, -0.2) is 32.0 Å². The largest absolute Gasteiger partial charge is 0.312 e. The number of piperidine rings is 1. The molecule has 1 aromatic carbocycles. The maximum absolute atomic E-state index is 13.1. The van der Waals surface area contributed by atoms with Gasteiger partial charge in [-0.1, -0.05) is 39.8 Å². The second-order valence-corrected chi connectivity index (χ2v) is 10.9. The molecule has 4 atom stereocenters. The number of sulfone groups is 1. The molecule has 1 saturated heterocycles. The summed E-state index contributed by atoms with van der Waals surface area (Å²) in [6.07, 6.45) is 2.86. The molecule has 25 heavy (non-hydrogen) atoms. The van der Waals surface area contributed by atoms with Gasteiger partial charge in [-0.25, -0.2) is 8.42 Å². The van der Waals surface area contributed by atoms with E-state index in [0.29, 0.717) is 5.92 Å². The fraction of sp³-hybridized carbons (Fsp3) is 0.650. The normalized spacial score (nSPS) is 30.8. The van der Waals surface area contributed by atoms with Crippen molar-refractivity contribution in [3.63, 3.8) is 0 Å². The first kappa shape index (κ1) is 18.6. The van der Waals surface area contributed by atoms with Crippen LogP contribution in [0.5, 0.6) is 0 Å². The minimum Gasteiger partial charge on any atom is -0.312 e. The van der Waals surface area contributed by atoms with Crippen LogP contribution >= 0.6 is 0 Å². The third-order valence-corrected chi connectivity index (χ3v) is 7.86. The number of carbonyl (C=O) groups excluding carboxylic acids is 1. The summed E-state index contributed by atoms with van der Waals surface area (Å²) in [6, 6.07) is 7.17. The van der Waals surface area contributed by atoms with Crippen LogP contribution in [0.15, 0.2) is 29.2 Å². The molecule has 0 radical (unpaired) electrons. The molecule has 2 fully saturated rings. The molecule has 4 nitrogen and oxygen atoms in total. The maximum Gasteiger partial charge on any atom is 0.189 e. The molecule has 0 aromatic heterocycles. The summed E-state index contributed by atoms with van der Waals surface area (Å²) in [4.78, 5) is 13.2. The number of benzene rings is 1. The van der Waals surface area contributed by atoms with E-state index >= 15 is 0 Å². The van der Waals surface area contributed by atoms with E-state index in [1.54, 1.807) is 12.1 Å². The molecule has 2 aliphatic rings. The lowest BCUT2D eigenvalue weighted by atomic mass is 9.74. The molecule has 1 N–H and O–H groups in total. The summed E-state index contributed by atoms with van der Waals surface area (Å²) in [7, 11) is -3.65. The highest BCUT2D eigenvalue weighted by molar-refractivity contribution is 7.92. The Kier molecular flexibility index (Phi) is 4.84. The maximum atomic E-state index is 13.1. The number of rotatable bonds is 2. The fourth-order valence-corrected chi connectivity index (χ4v) is 5.75. The van der Waals surface area contributed by atoms with Crippen molar-refractivity contribution < 1.29 is 13.2 Å². The summed E-state index contributed by atoms with van der Waals surface area (Å²) >= 11 is 0. The van der Waals surface area contributed by atoms with Gasteiger partial charge in [-0.15, -0.1) is 0 Å². The predicted molar refractivity (Wildman–Crippen MR) is 99.4 cm³/mol. The van der Waals surface area contributed by atoms with Crippen LogP contribution in [0.4, 0.5) is 0 Å². The Labute approximate surface area is 151 Å². The summed E-state index contributed by atoms with van der Waals surface area (Å²) in [5, 5.41) is 2.37. The third kappa shape index (κ3) is 3.54. The van der Waals surface area contributed by atoms with E-state index in [-0.39, 0.29) is 34.6 Å². The molecular formula is C20H29NO3S. The van der Waals surface area contributed by atoms with Gasteiger partial charge in [0.1, 0.15) is 5.25 Å². The van der Waals surface area contributed by atoms with Crippen molar-refractivity contribution >= 4 is 15.6 Å². The SMILES string of the molecule is CC1CCC2NCC(S(=O)(=O)c3ccc(C(C)(C)C)cc3)C(=O)C2C1. The molecule has 0 spiro atoms. The predicted octanol–water partition coefficient (Wildman–Crippen LogP) is 3.10. The molecule has 1 aliphatic carbocycles. The van der Waals surface area contributed by atoms with Gasteiger partial charge in [0.15, 0.2) is 15.6 Å². The number of carbonyl (C=O) groups is 1. The van der Waals surface area contributed by atoms with Gasteiger partial charge in [-0.2, -0.15) is 0 Å². The number of ketones is 1. The fourth-order valence-electron chi connectivity index (χ4n) is 4.11. The van der Waals surface area contributed by atoms with Crippen molar-refractivity contribution in [1.82, 2.24) is 5.32 Å². The van der Waals surface area contributed by atoms with Gasteiger partial charge in [0.05, 0.1) is 4.90 Å². The van der Waals surface area contributed by atoms with E-state index < -0.39 is 15.1 Å². The standard InChI is InChI=1S/C20H29NO3S/c1-13-5-10-17-16(11-13)19(22)18(12-21-17)25(23,24)15-8-6-14(7-9-15)20(2,3)4/h6-9,13,16-18,21H,5,10-12H2,1-4H3. The highest BCUT2D eigenvalue weighted by Crippen LogP contribution is 2.35. The lowest BCUT2D eigenvalue weighted by molar-refractivity contribution is -0.126. The van der Waals surface area contributed by atoms with Crippen LogP contribution in [0, 0.1) is 11.8 Å². The Hall–Kier alpha value is -1.20. The summed E-state index contributed by atoms with van der Waals surface area (Å²) < 4.78 is 26.1. The van der Waals surface area contributed by atoms with Gasteiger partial charge in [0, 0.05) is 18.5 Å². The van der Waals surface area contributed by atoms with E-state index in [4.69, 9.17) is 0 Å². The van der Waals surface area contributed by atoms with Gasteiger partial charge < -0.3 is 5.32 Å². The number of nitrogens with one attached hydrogen (secondary N) is 1. The van der Waals surface area contributed by atoms with E-state index in [1.807, 2.05) is 12.1 Å². The molecular weight excluding hydrogens is 334 g/mol. The first-order valence-corrected chi connectivity index (χ1v) is 10.8. The molecule has 1 aliphatic heterocycles. The zero-order valence-corrected chi connectivity index (χ0v) is 16.4. The molecule has 0 amide bonds. The smallest absolute Gasteiger partial charge is 0.189 e. The third-order valence-electron chi connectivity index (χ3n) is 5.78.